The summed E-state index contributed by atoms with van der Waals surface area (Å²) in [7, 11) is 0. The van der Waals surface area contributed by atoms with Crippen molar-refractivity contribution in [2.75, 3.05) is 0 Å². The molecular formula is C23H24O6. The molecule has 3 N–H and O–H groups in total. The van der Waals surface area contributed by atoms with Gasteiger partial charge in [0, 0.05) is 28.7 Å². The molecule has 1 atom stereocenters. The van der Waals surface area contributed by atoms with Gasteiger partial charge in [-0.2, -0.15) is 0 Å². The zero-order valence-electron chi connectivity index (χ0n) is 17.1. The maximum atomic E-state index is 13.5. The predicted octanol–water partition coefficient (Wildman–Crippen LogP) is 4.63. The van der Waals surface area contributed by atoms with Crippen LogP contribution in [0.4, 0.5) is 0 Å². The second-order valence-corrected chi connectivity index (χ2v) is 8.47. The molecule has 2 heterocycles. The van der Waals surface area contributed by atoms with Gasteiger partial charge in [0.15, 0.2) is 11.5 Å². The van der Waals surface area contributed by atoms with E-state index in [1.807, 2.05) is 40.7 Å². The zero-order chi connectivity index (χ0) is 21.2. The highest BCUT2D eigenvalue weighted by Crippen LogP contribution is 2.49. The van der Waals surface area contributed by atoms with E-state index in [0.717, 1.165) is 5.57 Å². The minimum absolute atomic E-state index is 0.0468. The van der Waals surface area contributed by atoms with Gasteiger partial charge in [-0.25, -0.2) is 0 Å². The first-order valence-electron chi connectivity index (χ1n) is 9.54. The Bertz CT molecular complexity index is 1260. The number of hydrogen-bond donors (Lipinski definition) is 3. The van der Waals surface area contributed by atoms with Gasteiger partial charge in [0.05, 0.1) is 5.39 Å². The SMILES string of the molecule is CC(C)=CCc1c(O)c(O)cc2oc3c4c(cc(O)c3c(=O)c12)O[C@H](C)C4(C)C. The predicted molar refractivity (Wildman–Crippen MR) is 111 cm³/mol. The maximum Gasteiger partial charge on any atom is 0.204 e. The fourth-order valence-corrected chi connectivity index (χ4v) is 3.94. The van der Waals surface area contributed by atoms with Crippen LogP contribution in [0, 0.1) is 0 Å². The number of hydrogen-bond acceptors (Lipinski definition) is 6. The van der Waals surface area contributed by atoms with Crippen molar-refractivity contribution in [3.8, 4) is 23.0 Å². The van der Waals surface area contributed by atoms with Crippen molar-refractivity contribution < 1.29 is 24.5 Å². The molecule has 0 unspecified atom stereocenters. The monoisotopic (exact) mass is 396 g/mol. The standard InChI is InChI=1S/C23H24O6/c1-10(2)6-7-12-17-15(9-14(25)20(12)26)29-22-18(21(17)27)13(24)8-16-19(22)23(4,5)11(3)28-16/h6,8-9,11,24-26H,7H2,1-5H3/t11-/m1/s1. The second kappa shape index (κ2) is 6.17. The average molecular weight is 396 g/mol. The molecule has 152 valence electrons. The Morgan fingerprint density at radius 2 is 1.83 bits per heavy atom. The molecule has 1 aliphatic heterocycles. The number of aromatic hydroxyl groups is 3. The summed E-state index contributed by atoms with van der Waals surface area (Å²) in [5.74, 6) is -0.486. The van der Waals surface area contributed by atoms with Crippen LogP contribution in [0.3, 0.4) is 0 Å². The van der Waals surface area contributed by atoms with Gasteiger partial charge >= 0.3 is 0 Å². The molecule has 0 fully saturated rings. The number of phenolic OH excluding ortho intramolecular Hbond substituents is 3. The van der Waals surface area contributed by atoms with Gasteiger partial charge in [0.1, 0.15) is 34.2 Å². The van der Waals surface area contributed by atoms with Crippen LogP contribution in [0.5, 0.6) is 23.0 Å². The summed E-state index contributed by atoms with van der Waals surface area (Å²) in [5, 5.41) is 31.4. The van der Waals surface area contributed by atoms with E-state index in [1.54, 1.807) is 0 Å². The third-order valence-electron chi connectivity index (χ3n) is 5.91. The van der Waals surface area contributed by atoms with E-state index in [4.69, 9.17) is 9.15 Å². The Morgan fingerprint density at radius 3 is 2.48 bits per heavy atom. The first kappa shape index (κ1) is 19.2. The van der Waals surface area contributed by atoms with E-state index in [9.17, 15) is 20.1 Å². The Kier molecular flexibility index (Phi) is 4.08. The van der Waals surface area contributed by atoms with Crippen LogP contribution in [0.2, 0.25) is 0 Å². The molecule has 0 spiro atoms. The lowest BCUT2D eigenvalue weighted by Crippen LogP contribution is -2.29. The minimum atomic E-state index is -0.454. The molecular weight excluding hydrogens is 372 g/mol. The summed E-state index contributed by atoms with van der Waals surface area (Å²) in [6, 6.07) is 2.68. The summed E-state index contributed by atoms with van der Waals surface area (Å²) in [4.78, 5) is 13.5. The number of allylic oxidation sites excluding steroid dienone is 2. The van der Waals surface area contributed by atoms with Gasteiger partial charge in [-0.1, -0.05) is 25.5 Å². The Morgan fingerprint density at radius 1 is 1.14 bits per heavy atom. The summed E-state index contributed by atoms with van der Waals surface area (Å²) >= 11 is 0. The van der Waals surface area contributed by atoms with E-state index in [1.165, 1.54) is 12.1 Å². The lowest BCUT2D eigenvalue weighted by molar-refractivity contribution is 0.185. The highest BCUT2D eigenvalue weighted by molar-refractivity contribution is 5.99. The smallest absolute Gasteiger partial charge is 0.204 e. The number of ether oxygens (including phenoxy) is 1. The Hall–Kier alpha value is -3.15. The summed E-state index contributed by atoms with van der Waals surface area (Å²) in [6.45, 7) is 9.69. The van der Waals surface area contributed by atoms with Gasteiger partial charge in [-0.3, -0.25) is 4.79 Å². The van der Waals surface area contributed by atoms with Gasteiger partial charge in [0.2, 0.25) is 5.43 Å². The lowest BCUT2D eigenvalue weighted by Gasteiger charge is -2.22. The van der Waals surface area contributed by atoms with E-state index >= 15 is 0 Å². The van der Waals surface area contributed by atoms with Crippen molar-refractivity contribution >= 4 is 21.9 Å². The van der Waals surface area contributed by atoms with Crippen LogP contribution < -0.4 is 10.2 Å². The summed E-state index contributed by atoms with van der Waals surface area (Å²) < 4.78 is 12.0. The normalized spacial score (nSPS) is 17.3. The largest absolute Gasteiger partial charge is 0.507 e. The number of fused-ring (bicyclic) bond motifs is 4. The molecule has 1 aromatic heterocycles. The molecule has 0 saturated carbocycles. The highest BCUT2D eigenvalue weighted by Gasteiger charge is 2.42. The van der Waals surface area contributed by atoms with Crippen molar-refractivity contribution in [3.05, 3.63) is 45.1 Å². The Balaban J connectivity index is 2.19. The molecule has 6 heteroatoms. The van der Waals surface area contributed by atoms with Crippen LogP contribution in [-0.2, 0) is 11.8 Å². The van der Waals surface area contributed by atoms with Crippen molar-refractivity contribution in [2.45, 2.75) is 52.6 Å². The molecule has 6 nitrogen and oxygen atoms in total. The minimum Gasteiger partial charge on any atom is -0.507 e. The first-order chi connectivity index (χ1) is 13.5. The van der Waals surface area contributed by atoms with Gasteiger partial charge in [-0.05, 0) is 27.2 Å². The average Bonchev–Trinajstić information content (AvgIpc) is 2.84. The van der Waals surface area contributed by atoms with Gasteiger partial charge in [0.25, 0.3) is 0 Å². The van der Waals surface area contributed by atoms with Crippen LogP contribution in [0.15, 0.2) is 33.0 Å². The molecule has 29 heavy (non-hydrogen) atoms. The fraction of sp³-hybridized carbons (Fsp3) is 0.348. The highest BCUT2D eigenvalue weighted by atomic mass is 16.5. The molecule has 0 bridgehead atoms. The first-order valence-corrected chi connectivity index (χ1v) is 9.54. The third kappa shape index (κ3) is 2.66. The molecule has 0 amide bonds. The maximum absolute atomic E-state index is 13.5. The number of rotatable bonds is 2. The quantitative estimate of drug-likeness (QED) is 0.332. The van der Waals surface area contributed by atoms with Crippen LogP contribution in [-0.4, -0.2) is 21.4 Å². The second-order valence-electron chi connectivity index (χ2n) is 8.47. The van der Waals surface area contributed by atoms with E-state index < -0.39 is 10.8 Å². The number of phenols is 3. The zero-order valence-corrected chi connectivity index (χ0v) is 17.1. The van der Waals surface area contributed by atoms with Crippen molar-refractivity contribution in [3.63, 3.8) is 0 Å². The topological polar surface area (TPSA) is 100 Å². The van der Waals surface area contributed by atoms with Crippen molar-refractivity contribution in [1.82, 2.24) is 0 Å². The van der Waals surface area contributed by atoms with E-state index in [0.29, 0.717) is 11.3 Å². The Labute approximate surface area is 167 Å². The van der Waals surface area contributed by atoms with E-state index in [2.05, 4.69) is 0 Å². The molecule has 3 aromatic rings. The molecule has 1 aliphatic rings. The number of benzene rings is 2. The fourth-order valence-electron chi connectivity index (χ4n) is 3.94. The van der Waals surface area contributed by atoms with Crippen molar-refractivity contribution in [2.24, 2.45) is 0 Å². The third-order valence-corrected chi connectivity index (χ3v) is 5.91. The van der Waals surface area contributed by atoms with Crippen LogP contribution >= 0.6 is 0 Å². The van der Waals surface area contributed by atoms with Crippen molar-refractivity contribution in [1.29, 1.82) is 0 Å². The molecule has 2 aromatic carbocycles. The van der Waals surface area contributed by atoms with E-state index in [-0.39, 0.29) is 57.3 Å². The molecule has 0 aliphatic carbocycles. The molecule has 4 rings (SSSR count). The van der Waals surface area contributed by atoms with Gasteiger partial charge in [-0.15, -0.1) is 0 Å². The summed E-state index contributed by atoms with van der Waals surface area (Å²) in [5.41, 5.74) is 1.46. The van der Waals surface area contributed by atoms with Gasteiger partial charge < -0.3 is 24.5 Å². The molecule has 0 radical (unpaired) electrons. The van der Waals surface area contributed by atoms with Crippen LogP contribution in [0.1, 0.15) is 45.7 Å². The summed E-state index contributed by atoms with van der Waals surface area (Å²) in [6.07, 6.45) is 1.91. The lowest BCUT2D eigenvalue weighted by atomic mass is 9.80. The molecule has 0 saturated heterocycles. The van der Waals surface area contributed by atoms with Crippen LogP contribution in [0.25, 0.3) is 21.9 Å².